The summed E-state index contributed by atoms with van der Waals surface area (Å²) in [6, 6.07) is 15.2. The Bertz CT molecular complexity index is 795. The third-order valence-corrected chi connectivity index (χ3v) is 5.05. The number of morpholine rings is 1. The van der Waals surface area contributed by atoms with Gasteiger partial charge in [0, 0.05) is 39.1 Å². The molecule has 2 aromatic carbocycles. The Labute approximate surface area is 171 Å². The van der Waals surface area contributed by atoms with Gasteiger partial charge in [-0.1, -0.05) is 36.4 Å². The molecule has 2 aromatic rings. The van der Waals surface area contributed by atoms with Gasteiger partial charge in [-0.2, -0.15) is 0 Å². The largest absolute Gasteiger partial charge is 0.396 e. The first-order chi connectivity index (χ1) is 14.2. The molecule has 1 heterocycles. The predicted molar refractivity (Wildman–Crippen MR) is 114 cm³/mol. The molecule has 1 unspecified atom stereocenters. The topological polar surface area (TPSA) is 69.1 Å². The minimum atomic E-state index is -0.224. The number of rotatable bonds is 7. The van der Waals surface area contributed by atoms with Gasteiger partial charge >= 0.3 is 0 Å². The highest BCUT2D eigenvalue weighted by Crippen LogP contribution is 2.21. The van der Waals surface area contributed by atoms with Gasteiger partial charge < -0.3 is 25.4 Å². The summed E-state index contributed by atoms with van der Waals surface area (Å²) >= 11 is 0. The molecule has 1 fully saturated rings. The predicted octanol–water partition coefficient (Wildman–Crippen LogP) is 2.10. The van der Waals surface area contributed by atoms with Crippen molar-refractivity contribution in [1.82, 2.24) is 10.6 Å². The van der Waals surface area contributed by atoms with Gasteiger partial charge in [-0.3, -0.25) is 4.99 Å². The zero-order valence-corrected chi connectivity index (χ0v) is 16.8. The summed E-state index contributed by atoms with van der Waals surface area (Å²) in [6.45, 7) is 3.71. The Morgan fingerprint density at radius 1 is 1.17 bits per heavy atom. The maximum absolute atomic E-state index is 14.5. The number of nitrogens with zero attached hydrogens (tertiary/aromatic N) is 2. The quantitative estimate of drug-likeness (QED) is 0.491. The molecule has 29 heavy (non-hydrogen) atoms. The van der Waals surface area contributed by atoms with E-state index in [-0.39, 0.29) is 18.3 Å². The summed E-state index contributed by atoms with van der Waals surface area (Å²) in [5, 5.41) is 16.1. The standard InChI is InChI=1S/C22H29FN4O2/c1-24-22(26-15-19(16-28)18-5-3-2-4-6-18)25-14-17-7-8-21(20(23)13-17)27-9-11-29-12-10-27/h2-8,13,19,28H,9-12,14-16H2,1H3,(H2,24,25,26). The molecule has 0 aliphatic carbocycles. The molecule has 0 bridgehead atoms. The molecule has 1 aliphatic rings. The third kappa shape index (κ3) is 5.92. The maximum atomic E-state index is 14.5. The molecule has 6 nitrogen and oxygen atoms in total. The maximum Gasteiger partial charge on any atom is 0.191 e. The van der Waals surface area contributed by atoms with Crippen LogP contribution in [0, 0.1) is 5.82 Å². The minimum absolute atomic E-state index is 0.0278. The fourth-order valence-electron chi connectivity index (χ4n) is 3.36. The number of nitrogens with one attached hydrogen (secondary N) is 2. The van der Waals surface area contributed by atoms with Crippen LogP contribution < -0.4 is 15.5 Å². The van der Waals surface area contributed by atoms with Crippen LogP contribution in [-0.4, -0.2) is 57.6 Å². The fraction of sp³-hybridized carbons (Fsp3) is 0.409. The molecule has 3 N–H and O–H groups in total. The number of aliphatic imine (C=N–C) groups is 1. The molecule has 0 saturated carbocycles. The van der Waals surface area contributed by atoms with E-state index in [1.54, 1.807) is 13.1 Å². The summed E-state index contributed by atoms with van der Waals surface area (Å²) in [7, 11) is 1.69. The van der Waals surface area contributed by atoms with Crippen molar-refractivity contribution < 1.29 is 14.2 Å². The van der Waals surface area contributed by atoms with Crippen LogP contribution in [0.5, 0.6) is 0 Å². The van der Waals surface area contributed by atoms with Crippen molar-refractivity contribution in [2.24, 2.45) is 4.99 Å². The van der Waals surface area contributed by atoms with Crippen molar-refractivity contribution in [2.45, 2.75) is 12.5 Å². The van der Waals surface area contributed by atoms with Gasteiger partial charge in [0.1, 0.15) is 5.82 Å². The van der Waals surface area contributed by atoms with Crippen molar-refractivity contribution in [3.8, 4) is 0 Å². The molecule has 1 aliphatic heterocycles. The van der Waals surface area contributed by atoms with Crippen molar-refractivity contribution in [3.05, 3.63) is 65.5 Å². The lowest BCUT2D eigenvalue weighted by molar-refractivity contribution is 0.122. The zero-order chi connectivity index (χ0) is 20.5. The minimum Gasteiger partial charge on any atom is -0.396 e. The van der Waals surface area contributed by atoms with E-state index in [0.717, 1.165) is 11.1 Å². The Morgan fingerprint density at radius 2 is 1.93 bits per heavy atom. The van der Waals surface area contributed by atoms with Crippen molar-refractivity contribution in [2.75, 3.05) is 51.4 Å². The van der Waals surface area contributed by atoms with E-state index in [9.17, 15) is 9.50 Å². The number of ether oxygens (including phenoxy) is 1. The van der Waals surface area contributed by atoms with Gasteiger partial charge in [-0.05, 0) is 23.3 Å². The van der Waals surface area contributed by atoms with Gasteiger partial charge in [0.05, 0.1) is 25.5 Å². The summed E-state index contributed by atoms with van der Waals surface area (Å²) in [5.74, 6) is 0.357. The fourth-order valence-corrected chi connectivity index (χ4v) is 3.36. The van der Waals surface area contributed by atoms with E-state index in [4.69, 9.17) is 4.74 Å². The Kier molecular flexibility index (Phi) is 7.84. The number of hydrogen-bond acceptors (Lipinski definition) is 4. The molecule has 3 rings (SSSR count). The average Bonchev–Trinajstić information content (AvgIpc) is 2.77. The van der Waals surface area contributed by atoms with E-state index >= 15 is 0 Å². The van der Waals surface area contributed by atoms with Crippen LogP contribution in [0.4, 0.5) is 10.1 Å². The molecule has 0 spiro atoms. The third-order valence-electron chi connectivity index (χ3n) is 5.05. The van der Waals surface area contributed by atoms with Crippen molar-refractivity contribution >= 4 is 11.6 Å². The van der Waals surface area contributed by atoms with Crippen molar-refractivity contribution in [1.29, 1.82) is 0 Å². The van der Waals surface area contributed by atoms with Gasteiger partial charge in [0.2, 0.25) is 0 Å². The lowest BCUT2D eigenvalue weighted by atomic mass is 10.0. The van der Waals surface area contributed by atoms with Crippen LogP contribution in [0.1, 0.15) is 17.0 Å². The number of benzene rings is 2. The number of anilines is 1. The molecule has 0 amide bonds. The number of aliphatic hydroxyl groups excluding tert-OH is 1. The lowest BCUT2D eigenvalue weighted by Crippen LogP contribution is -2.39. The summed E-state index contributed by atoms with van der Waals surface area (Å²) in [4.78, 5) is 6.22. The SMILES string of the molecule is CN=C(NCc1ccc(N2CCOCC2)c(F)c1)NCC(CO)c1ccccc1. The first kappa shape index (κ1) is 21.1. The van der Waals surface area contributed by atoms with Gasteiger partial charge in [-0.25, -0.2) is 4.39 Å². The van der Waals surface area contributed by atoms with Crippen LogP contribution in [-0.2, 0) is 11.3 Å². The average molecular weight is 400 g/mol. The normalized spacial score (nSPS) is 15.8. The Hall–Kier alpha value is -2.64. The van der Waals surface area contributed by atoms with E-state index in [0.29, 0.717) is 51.0 Å². The lowest BCUT2D eigenvalue weighted by Gasteiger charge is -2.29. The van der Waals surface area contributed by atoms with Crippen LogP contribution in [0.25, 0.3) is 0 Å². The van der Waals surface area contributed by atoms with E-state index in [1.807, 2.05) is 47.4 Å². The first-order valence-corrected chi connectivity index (χ1v) is 9.92. The highest BCUT2D eigenvalue weighted by molar-refractivity contribution is 5.79. The Balaban J connectivity index is 1.53. The molecule has 7 heteroatoms. The summed E-state index contributed by atoms with van der Waals surface area (Å²) in [6.07, 6.45) is 0. The number of aliphatic hydroxyl groups is 1. The van der Waals surface area contributed by atoms with Crippen LogP contribution in [0.3, 0.4) is 0 Å². The highest BCUT2D eigenvalue weighted by Gasteiger charge is 2.15. The zero-order valence-electron chi connectivity index (χ0n) is 16.8. The monoisotopic (exact) mass is 400 g/mol. The van der Waals surface area contributed by atoms with E-state index in [2.05, 4.69) is 15.6 Å². The Morgan fingerprint density at radius 3 is 2.59 bits per heavy atom. The number of guanidine groups is 1. The molecule has 1 atom stereocenters. The van der Waals surface area contributed by atoms with E-state index < -0.39 is 0 Å². The second-order valence-corrected chi connectivity index (χ2v) is 6.98. The van der Waals surface area contributed by atoms with Gasteiger partial charge in [-0.15, -0.1) is 0 Å². The second kappa shape index (κ2) is 10.8. The summed E-state index contributed by atoms with van der Waals surface area (Å²) < 4.78 is 19.9. The van der Waals surface area contributed by atoms with Gasteiger partial charge in [0.15, 0.2) is 5.96 Å². The molecule has 0 aromatic heterocycles. The second-order valence-electron chi connectivity index (χ2n) is 6.98. The molecule has 0 radical (unpaired) electrons. The molecule has 156 valence electrons. The van der Waals surface area contributed by atoms with Crippen LogP contribution in [0.2, 0.25) is 0 Å². The smallest absolute Gasteiger partial charge is 0.191 e. The first-order valence-electron chi connectivity index (χ1n) is 9.92. The van der Waals surface area contributed by atoms with Crippen molar-refractivity contribution in [3.63, 3.8) is 0 Å². The summed E-state index contributed by atoms with van der Waals surface area (Å²) in [5.41, 5.74) is 2.52. The van der Waals surface area contributed by atoms with Gasteiger partial charge in [0.25, 0.3) is 0 Å². The molecular formula is C22H29FN4O2. The van der Waals surface area contributed by atoms with Crippen LogP contribution in [0.15, 0.2) is 53.5 Å². The number of halogens is 1. The molecular weight excluding hydrogens is 371 g/mol. The highest BCUT2D eigenvalue weighted by atomic mass is 19.1. The van der Waals surface area contributed by atoms with Crippen LogP contribution >= 0.6 is 0 Å². The van der Waals surface area contributed by atoms with E-state index in [1.165, 1.54) is 0 Å². The molecule has 1 saturated heterocycles. The number of hydrogen-bond donors (Lipinski definition) is 3.